The molecular formula is C25H28N2O4S. The summed E-state index contributed by atoms with van der Waals surface area (Å²) in [6, 6.07) is 8.40. The van der Waals surface area contributed by atoms with E-state index < -0.39 is 6.04 Å². The third-order valence-corrected chi connectivity index (χ3v) is 7.86. The van der Waals surface area contributed by atoms with E-state index in [1.807, 2.05) is 0 Å². The van der Waals surface area contributed by atoms with Crippen molar-refractivity contribution in [3.05, 3.63) is 56.8 Å². The summed E-state index contributed by atoms with van der Waals surface area (Å²) in [5.41, 5.74) is 4.90. The van der Waals surface area contributed by atoms with E-state index in [4.69, 9.17) is 4.74 Å². The zero-order valence-electron chi connectivity index (χ0n) is 18.2. The molecule has 0 spiro atoms. The number of fused-ring (bicyclic) bond motifs is 1. The molecule has 2 aliphatic heterocycles. The molecule has 0 radical (unpaired) electrons. The molecule has 0 N–H and O–H groups in total. The van der Waals surface area contributed by atoms with Crippen LogP contribution < -0.4 is 0 Å². The minimum Gasteiger partial charge on any atom is -0.379 e. The Kier molecular flexibility index (Phi) is 6.22. The first-order valence-electron chi connectivity index (χ1n) is 11.4. The number of thiophene rings is 1. The van der Waals surface area contributed by atoms with Gasteiger partial charge < -0.3 is 9.64 Å². The molecule has 1 unspecified atom stereocenters. The van der Waals surface area contributed by atoms with E-state index in [1.54, 1.807) is 4.90 Å². The molecule has 1 aromatic heterocycles. The highest BCUT2D eigenvalue weighted by Gasteiger charge is 2.40. The van der Waals surface area contributed by atoms with Gasteiger partial charge in [0.1, 0.15) is 5.78 Å². The fourth-order valence-corrected chi connectivity index (χ4v) is 5.98. The van der Waals surface area contributed by atoms with Gasteiger partial charge in [0.25, 0.3) is 5.91 Å². The van der Waals surface area contributed by atoms with E-state index in [1.165, 1.54) is 28.0 Å². The van der Waals surface area contributed by atoms with Crippen molar-refractivity contribution < 1.29 is 19.1 Å². The number of nitrogens with zero attached hydrogens (tertiary/aromatic N) is 2. The average molecular weight is 453 g/mol. The number of ether oxygens (including phenoxy) is 1. The van der Waals surface area contributed by atoms with Gasteiger partial charge in [-0.25, -0.2) is 0 Å². The molecule has 1 aromatic carbocycles. The Labute approximate surface area is 192 Å². The molecule has 1 saturated heterocycles. The van der Waals surface area contributed by atoms with Crippen molar-refractivity contribution in [3.8, 4) is 0 Å². The molecule has 6 nitrogen and oxygen atoms in total. The van der Waals surface area contributed by atoms with Crippen molar-refractivity contribution in [2.45, 2.75) is 51.2 Å². The highest BCUT2D eigenvalue weighted by atomic mass is 32.1. The summed E-state index contributed by atoms with van der Waals surface area (Å²) in [4.78, 5) is 41.7. The number of hydrogen-bond acceptors (Lipinski definition) is 6. The molecule has 1 atom stereocenters. The summed E-state index contributed by atoms with van der Waals surface area (Å²) in [5, 5.41) is 2.10. The fraction of sp³-hybridized carbons (Fsp3) is 0.480. The van der Waals surface area contributed by atoms with Gasteiger partial charge in [-0.3, -0.25) is 19.3 Å². The van der Waals surface area contributed by atoms with Crippen LogP contribution in [0, 0.1) is 0 Å². The van der Waals surface area contributed by atoms with Crippen LogP contribution in [0.2, 0.25) is 0 Å². The SMILES string of the molecule is O=C1CCC(N2Cc3c(CCc4ccc(CN5CCOCC5)cc4)csc3C2=O)C(=O)C1. The molecule has 2 aromatic rings. The summed E-state index contributed by atoms with van der Waals surface area (Å²) in [6.07, 6.45) is 2.63. The van der Waals surface area contributed by atoms with Crippen LogP contribution in [0.15, 0.2) is 29.6 Å². The number of amides is 1. The zero-order chi connectivity index (χ0) is 22.1. The average Bonchev–Trinajstić information content (AvgIpc) is 3.34. The zero-order valence-corrected chi connectivity index (χ0v) is 19.0. The fourth-order valence-electron chi connectivity index (χ4n) is 4.90. The minimum atomic E-state index is -0.438. The van der Waals surface area contributed by atoms with Crippen molar-refractivity contribution in [1.29, 1.82) is 0 Å². The van der Waals surface area contributed by atoms with Crippen LogP contribution in [0.5, 0.6) is 0 Å². The smallest absolute Gasteiger partial charge is 0.265 e. The lowest BCUT2D eigenvalue weighted by Crippen LogP contribution is -2.44. The van der Waals surface area contributed by atoms with Gasteiger partial charge in [0, 0.05) is 32.6 Å². The van der Waals surface area contributed by atoms with E-state index in [9.17, 15) is 14.4 Å². The molecule has 1 amide bonds. The minimum absolute atomic E-state index is 0.00989. The molecule has 5 rings (SSSR count). The van der Waals surface area contributed by atoms with Gasteiger partial charge >= 0.3 is 0 Å². The molecule has 2 fully saturated rings. The van der Waals surface area contributed by atoms with Gasteiger partial charge in [0.15, 0.2) is 5.78 Å². The number of morpholine rings is 1. The van der Waals surface area contributed by atoms with Gasteiger partial charge in [-0.1, -0.05) is 24.3 Å². The lowest BCUT2D eigenvalue weighted by Gasteiger charge is -2.29. The summed E-state index contributed by atoms with van der Waals surface area (Å²) in [7, 11) is 0. The van der Waals surface area contributed by atoms with E-state index >= 15 is 0 Å². The summed E-state index contributed by atoms with van der Waals surface area (Å²) >= 11 is 1.49. The Balaban J connectivity index is 1.19. The lowest BCUT2D eigenvalue weighted by atomic mass is 9.92. The van der Waals surface area contributed by atoms with Gasteiger partial charge in [0.2, 0.25) is 0 Å². The second-order valence-electron chi connectivity index (χ2n) is 8.94. The Morgan fingerprint density at radius 2 is 1.75 bits per heavy atom. The molecule has 32 heavy (non-hydrogen) atoms. The number of hydrogen-bond donors (Lipinski definition) is 0. The molecule has 3 heterocycles. The van der Waals surface area contributed by atoms with Crippen molar-refractivity contribution in [2.75, 3.05) is 26.3 Å². The van der Waals surface area contributed by atoms with Crippen LogP contribution >= 0.6 is 11.3 Å². The van der Waals surface area contributed by atoms with Crippen molar-refractivity contribution in [3.63, 3.8) is 0 Å². The Bertz CT molecular complexity index is 1020. The van der Waals surface area contributed by atoms with Crippen LogP contribution in [0.1, 0.15) is 51.2 Å². The summed E-state index contributed by atoms with van der Waals surface area (Å²) in [6.45, 7) is 5.07. The van der Waals surface area contributed by atoms with Crippen LogP contribution in [0.4, 0.5) is 0 Å². The normalized spacial score (nSPS) is 21.9. The second kappa shape index (κ2) is 9.25. The topological polar surface area (TPSA) is 66.9 Å². The first-order chi connectivity index (χ1) is 15.6. The van der Waals surface area contributed by atoms with Gasteiger partial charge in [0.05, 0.1) is 30.6 Å². The van der Waals surface area contributed by atoms with Gasteiger partial charge in [-0.05, 0) is 46.9 Å². The van der Waals surface area contributed by atoms with Crippen molar-refractivity contribution in [2.24, 2.45) is 0 Å². The van der Waals surface area contributed by atoms with Crippen LogP contribution in [-0.4, -0.2) is 59.6 Å². The highest BCUT2D eigenvalue weighted by molar-refractivity contribution is 7.12. The Morgan fingerprint density at radius 3 is 2.50 bits per heavy atom. The van der Waals surface area contributed by atoms with Crippen LogP contribution in [-0.2, 0) is 40.3 Å². The molecule has 0 bridgehead atoms. The van der Waals surface area contributed by atoms with Crippen LogP contribution in [0.3, 0.4) is 0 Å². The molecule has 7 heteroatoms. The number of rotatable bonds is 6. The van der Waals surface area contributed by atoms with Gasteiger partial charge in [-0.15, -0.1) is 11.3 Å². The Morgan fingerprint density at radius 1 is 1.00 bits per heavy atom. The summed E-state index contributed by atoms with van der Waals surface area (Å²) in [5.74, 6) is -0.163. The number of aryl methyl sites for hydroxylation is 2. The molecule has 168 valence electrons. The predicted molar refractivity (Wildman–Crippen MR) is 122 cm³/mol. The maximum Gasteiger partial charge on any atom is 0.265 e. The second-order valence-corrected chi connectivity index (χ2v) is 9.82. The monoisotopic (exact) mass is 452 g/mol. The maximum absolute atomic E-state index is 12.9. The van der Waals surface area contributed by atoms with E-state index in [0.29, 0.717) is 19.4 Å². The van der Waals surface area contributed by atoms with E-state index in [2.05, 4.69) is 34.5 Å². The van der Waals surface area contributed by atoms with Crippen LogP contribution in [0.25, 0.3) is 0 Å². The van der Waals surface area contributed by atoms with E-state index in [0.717, 1.165) is 56.1 Å². The number of benzene rings is 1. The highest BCUT2D eigenvalue weighted by Crippen LogP contribution is 2.35. The Hall–Kier alpha value is -2.35. The predicted octanol–water partition coefficient (Wildman–Crippen LogP) is 3.01. The number of carbonyl (C=O) groups excluding carboxylic acids is 3. The molecule has 1 aliphatic carbocycles. The first-order valence-corrected chi connectivity index (χ1v) is 12.3. The number of Topliss-reactive ketones (excluding diaryl/α,β-unsaturated/α-hetero) is 2. The molecule has 1 saturated carbocycles. The third-order valence-electron chi connectivity index (χ3n) is 6.80. The largest absolute Gasteiger partial charge is 0.379 e. The van der Waals surface area contributed by atoms with Gasteiger partial charge in [-0.2, -0.15) is 0 Å². The third kappa shape index (κ3) is 4.42. The standard InChI is InChI=1S/C25H28N2O4S/c28-20-7-8-22(23(29)13-20)27-15-21-19(16-32-24(21)25(27)30)6-5-17-1-3-18(4-2-17)14-26-9-11-31-12-10-26/h1-4,16,22H,5-15H2. The number of carbonyl (C=O) groups is 3. The summed E-state index contributed by atoms with van der Waals surface area (Å²) < 4.78 is 5.42. The van der Waals surface area contributed by atoms with E-state index in [-0.39, 0.29) is 23.9 Å². The van der Waals surface area contributed by atoms with Crippen molar-refractivity contribution in [1.82, 2.24) is 9.80 Å². The first kappa shape index (κ1) is 21.5. The quantitative estimate of drug-likeness (QED) is 0.631. The maximum atomic E-state index is 12.9. The number of ketones is 2. The molecular weight excluding hydrogens is 424 g/mol. The van der Waals surface area contributed by atoms with Crippen molar-refractivity contribution >= 4 is 28.8 Å². The lowest BCUT2D eigenvalue weighted by molar-refractivity contribution is -0.133. The molecule has 3 aliphatic rings.